The number of rotatable bonds is 4. The third-order valence-electron chi connectivity index (χ3n) is 5.00. The van der Waals surface area contributed by atoms with Crippen LogP contribution in [0.2, 0.25) is 0 Å². The second-order valence-corrected chi connectivity index (χ2v) is 6.96. The van der Waals surface area contributed by atoms with E-state index in [9.17, 15) is 0 Å². The summed E-state index contributed by atoms with van der Waals surface area (Å²) in [5.74, 6) is 2.50. The molecule has 0 spiro atoms. The molecule has 4 rings (SSSR count). The van der Waals surface area contributed by atoms with E-state index in [0.717, 1.165) is 30.5 Å². The van der Waals surface area contributed by atoms with Gasteiger partial charge in [0.15, 0.2) is 11.5 Å². The van der Waals surface area contributed by atoms with Crippen molar-refractivity contribution < 1.29 is 9.47 Å². The van der Waals surface area contributed by atoms with E-state index in [1.165, 1.54) is 31.4 Å². The molecule has 3 heteroatoms. The SMILES string of the molecule is c1ccc(CC2CCCN(CC3COc4ccccc4O3)C2)cc1. The fraction of sp³-hybridized carbons (Fsp3) is 0.429. The summed E-state index contributed by atoms with van der Waals surface area (Å²) in [6.45, 7) is 3.94. The van der Waals surface area contributed by atoms with Gasteiger partial charge in [0.2, 0.25) is 0 Å². The first kappa shape index (κ1) is 15.5. The Hall–Kier alpha value is -2.00. The Labute approximate surface area is 144 Å². The Bertz CT molecular complexity index is 658. The van der Waals surface area contributed by atoms with Crippen molar-refractivity contribution in [1.29, 1.82) is 0 Å². The van der Waals surface area contributed by atoms with Crippen LogP contribution in [0.3, 0.4) is 0 Å². The van der Waals surface area contributed by atoms with E-state index < -0.39 is 0 Å². The molecule has 24 heavy (non-hydrogen) atoms. The number of para-hydroxylation sites is 2. The van der Waals surface area contributed by atoms with E-state index in [1.807, 2.05) is 24.3 Å². The van der Waals surface area contributed by atoms with Gasteiger partial charge in [0.1, 0.15) is 12.7 Å². The minimum absolute atomic E-state index is 0.135. The zero-order valence-corrected chi connectivity index (χ0v) is 14.1. The number of benzene rings is 2. The van der Waals surface area contributed by atoms with Crippen LogP contribution in [0.1, 0.15) is 18.4 Å². The second-order valence-electron chi connectivity index (χ2n) is 6.96. The maximum absolute atomic E-state index is 6.12. The highest BCUT2D eigenvalue weighted by atomic mass is 16.6. The Morgan fingerprint density at radius 1 is 0.958 bits per heavy atom. The monoisotopic (exact) mass is 323 g/mol. The molecule has 2 atom stereocenters. The van der Waals surface area contributed by atoms with E-state index in [4.69, 9.17) is 9.47 Å². The highest BCUT2D eigenvalue weighted by Crippen LogP contribution is 2.31. The van der Waals surface area contributed by atoms with Crippen LogP contribution in [0, 0.1) is 5.92 Å². The molecule has 0 aliphatic carbocycles. The summed E-state index contributed by atoms with van der Waals surface area (Å²) in [6.07, 6.45) is 3.93. The molecular formula is C21H25NO2. The molecule has 0 bridgehead atoms. The van der Waals surface area contributed by atoms with Gasteiger partial charge in [-0.2, -0.15) is 0 Å². The Kier molecular flexibility index (Phi) is 4.70. The van der Waals surface area contributed by atoms with Crippen molar-refractivity contribution in [2.45, 2.75) is 25.4 Å². The first-order valence-electron chi connectivity index (χ1n) is 9.01. The summed E-state index contributed by atoms with van der Waals surface area (Å²) in [5.41, 5.74) is 1.45. The number of hydrogen-bond donors (Lipinski definition) is 0. The molecule has 0 aromatic heterocycles. The van der Waals surface area contributed by atoms with Crippen LogP contribution in [0.15, 0.2) is 54.6 Å². The van der Waals surface area contributed by atoms with Crippen LogP contribution >= 0.6 is 0 Å². The minimum atomic E-state index is 0.135. The number of likely N-dealkylation sites (tertiary alicyclic amines) is 1. The van der Waals surface area contributed by atoms with Gasteiger partial charge in [-0.3, -0.25) is 4.90 Å². The van der Waals surface area contributed by atoms with Crippen LogP contribution in [0.4, 0.5) is 0 Å². The van der Waals surface area contributed by atoms with Crippen molar-refractivity contribution in [1.82, 2.24) is 4.90 Å². The van der Waals surface area contributed by atoms with Gasteiger partial charge in [-0.15, -0.1) is 0 Å². The Balaban J connectivity index is 1.32. The van der Waals surface area contributed by atoms with E-state index >= 15 is 0 Å². The highest BCUT2D eigenvalue weighted by Gasteiger charge is 2.26. The third kappa shape index (κ3) is 3.73. The van der Waals surface area contributed by atoms with Crippen LogP contribution in [-0.2, 0) is 6.42 Å². The van der Waals surface area contributed by atoms with E-state index in [-0.39, 0.29) is 6.10 Å². The van der Waals surface area contributed by atoms with Crippen molar-refractivity contribution in [3.8, 4) is 11.5 Å². The molecule has 126 valence electrons. The van der Waals surface area contributed by atoms with Gasteiger partial charge in [-0.05, 0) is 49.4 Å². The molecule has 3 nitrogen and oxygen atoms in total. The lowest BCUT2D eigenvalue weighted by atomic mass is 9.91. The van der Waals surface area contributed by atoms with Crippen molar-refractivity contribution in [3.63, 3.8) is 0 Å². The molecule has 1 saturated heterocycles. The van der Waals surface area contributed by atoms with Crippen molar-refractivity contribution in [3.05, 3.63) is 60.2 Å². The van der Waals surface area contributed by atoms with Gasteiger partial charge in [-0.25, -0.2) is 0 Å². The number of fused-ring (bicyclic) bond motifs is 1. The molecule has 2 aliphatic rings. The second kappa shape index (κ2) is 7.27. The molecule has 1 fully saturated rings. The maximum atomic E-state index is 6.12. The summed E-state index contributed by atoms with van der Waals surface area (Å²) >= 11 is 0. The van der Waals surface area contributed by atoms with Crippen molar-refractivity contribution in [2.75, 3.05) is 26.2 Å². The fourth-order valence-corrected chi connectivity index (χ4v) is 3.87. The normalized spacial score (nSPS) is 23.8. The number of nitrogens with zero attached hydrogens (tertiary/aromatic N) is 1. The van der Waals surface area contributed by atoms with Gasteiger partial charge in [0.05, 0.1) is 0 Å². The maximum Gasteiger partial charge on any atom is 0.161 e. The van der Waals surface area contributed by atoms with Crippen LogP contribution in [0.25, 0.3) is 0 Å². The third-order valence-corrected chi connectivity index (χ3v) is 5.00. The van der Waals surface area contributed by atoms with E-state index in [0.29, 0.717) is 6.61 Å². The van der Waals surface area contributed by atoms with Gasteiger partial charge < -0.3 is 9.47 Å². The summed E-state index contributed by atoms with van der Waals surface area (Å²) in [7, 11) is 0. The average Bonchev–Trinajstić information content (AvgIpc) is 2.63. The van der Waals surface area contributed by atoms with E-state index in [2.05, 4.69) is 35.2 Å². The molecule has 2 heterocycles. The Morgan fingerprint density at radius 3 is 2.62 bits per heavy atom. The zero-order valence-electron chi connectivity index (χ0n) is 14.1. The molecule has 0 radical (unpaired) electrons. The first-order chi connectivity index (χ1) is 11.9. The summed E-state index contributed by atoms with van der Waals surface area (Å²) < 4.78 is 12.0. The van der Waals surface area contributed by atoms with Gasteiger partial charge in [-0.1, -0.05) is 42.5 Å². The summed E-state index contributed by atoms with van der Waals surface area (Å²) in [4.78, 5) is 2.55. The Morgan fingerprint density at radius 2 is 1.75 bits per heavy atom. The molecule has 2 unspecified atom stereocenters. The minimum Gasteiger partial charge on any atom is -0.486 e. The number of ether oxygens (including phenoxy) is 2. The van der Waals surface area contributed by atoms with Gasteiger partial charge >= 0.3 is 0 Å². The van der Waals surface area contributed by atoms with Crippen LogP contribution < -0.4 is 9.47 Å². The fourth-order valence-electron chi connectivity index (χ4n) is 3.87. The van der Waals surface area contributed by atoms with E-state index in [1.54, 1.807) is 0 Å². The summed E-state index contributed by atoms with van der Waals surface area (Å²) in [5, 5.41) is 0. The molecule has 0 amide bonds. The lowest BCUT2D eigenvalue weighted by Gasteiger charge is -2.36. The quantitative estimate of drug-likeness (QED) is 0.855. The average molecular weight is 323 g/mol. The molecule has 0 saturated carbocycles. The molecular weight excluding hydrogens is 298 g/mol. The van der Waals surface area contributed by atoms with Crippen LogP contribution in [-0.4, -0.2) is 37.2 Å². The summed E-state index contributed by atoms with van der Waals surface area (Å²) in [6, 6.07) is 18.8. The van der Waals surface area contributed by atoms with Gasteiger partial charge in [0.25, 0.3) is 0 Å². The topological polar surface area (TPSA) is 21.7 Å². The smallest absolute Gasteiger partial charge is 0.161 e. The number of hydrogen-bond acceptors (Lipinski definition) is 3. The molecule has 0 N–H and O–H groups in total. The predicted molar refractivity (Wildman–Crippen MR) is 95.7 cm³/mol. The lowest BCUT2D eigenvalue weighted by molar-refractivity contribution is 0.0451. The predicted octanol–water partition coefficient (Wildman–Crippen LogP) is 3.78. The lowest BCUT2D eigenvalue weighted by Crippen LogP contribution is -2.45. The molecule has 2 aromatic carbocycles. The van der Waals surface area contributed by atoms with Crippen molar-refractivity contribution in [2.24, 2.45) is 5.92 Å². The zero-order chi connectivity index (χ0) is 16.2. The number of piperidine rings is 1. The molecule has 2 aliphatic heterocycles. The van der Waals surface area contributed by atoms with Gasteiger partial charge in [0, 0.05) is 13.1 Å². The van der Waals surface area contributed by atoms with Crippen LogP contribution in [0.5, 0.6) is 11.5 Å². The van der Waals surface area contributed by atoms with Crippen molar-refractivity contribution >= 4 is 0 Å². The first-order valence-corrected chi connectivity index (χ1v) is 9.01. The standard InChI is InChI=1S/C21H25NO2/c1-2-7-17(8-3-1)13-18-9-6-12-22(14-18)15-19-16-23-20-10-4-5-11-21(20)24-19/h1-5,7-8,10-11,18-19H,6,9,12-16H2. The molecule has 2 aromatic rings. The highest BCUT2D eigenvalue weighted by molar-refractivity contribution is 5.40. The largest absolute Gasteiger partial charge is 0.486 e.